The van der Waals surface area contributed by atoms with Crippen LogP contribution in [0.3, 0.4) is 0 Å². The Bertz CT molecular complexity index is 469. The van der Waals surface area contributed by atoms with Crippen LogP contribution in [0.4, 0.5) is 5.69 Å². The van der Waals surface area contributed by atoms with Gasteiger partial charge in [-0.2, -0.15) is 8.42 Å². The van der Waals surface area contributed by atoms with Crippen LogP contribution in [0.25, 0.3) is 0 Å². The maximum Gasteiger partial charge on any atom is 0.296 e. The maximum absolute atomic E-state index is 11.2. The van der Waals surface area contributed by atoms with Gasteiger partial charge in [0, 0.05) is 26.2 Å². The fraction of sp³-hybridized carbons (Fsp3) is 0.400. The van der Waals surface area contributed by atoms with E-state index in [1.807, 2.05) is 4.90 Å². The summed E-state index contributed by atoms with van der Waals surface area (Å²) in [5.74, 6) is 0. The summed E-state index contributed by atoms with van der Waals surface area (Å²) in [4.78, 5) is 1.94. The molecule has 0 bridgehead atoms. The molecule has 0 amide bonds. The van der Waals surface area contributed by atoms with E-state index in [4.69, 9.17) is 4.55 Å². The highest BCUT2D eigenvalue weighted by Gasteiger charge is 2.20. The van der Waals surface area contributed by atoms with Crippen LogP contribution in [0, 0.1) is 0 Å². The van der Waals surface area contributed by atoms with E-state index in [1.165, 1.54) is 6.07 Å². The summed E-state index contributed by atoms with van der Waals surface area (Å²) in [7, 11) is -4.14. The molecule has 1 aromatic rings. The lowest BCUT2D eigenvalue weighted by Gasteiger charge is -2.30. The lowest BCUT2D eigenvalue weighted by molar-refractivity contribution is 0.482. The van der Waals surface area contributed by atoms with Crippen molar-refractivity contribution in [3.05, 3.63) is 24.3 Å². The molecule has 0 atom stereocenters. The zero-order chi connectivity index (χ0) is 11.6. The lowest BCUT2D eigenvalue weighted by Crippen LogP contribution is -2.44. The van der Waals surface area contributed by atoms with Crippen molar-refractivity contribution >= 4 is 15.8 Å². The van der Waals surface area contributed by atoms with E-state index in [1.54, 1.807) is 18.2 Å². The van der Waals surface area contributed by atoms with Crippen molar-refractivity contribution in [2.75, 3.05) is 31.1 Å². The molecule has 6 nitrogen and oxygen atoms in total. The average molecular weight is 260 g/mol. The minimum atomic E-state index is -4.14. The second kappa shape index (κ2) is 5.46. The van der Waals surface area contributed by atoms with Crippen molar-refractivity contribution in [3.8, 4) is 0 Å². The third-order valence-electron chi connectivity index (χ3n) is 2.60. The second-order valence-electron chi connectivity index (χ2n) is 3.68. The topological polar surface area (TPSA) is 101 Å². The molecular formula is C10H16N2O4S. The van der Waals surface area contributed by atoms with Crippen LogP contribution in [-0.4, -0.2) is 44.6 Å². The number of piperazine rings is 1. The zero-order valence-electron chi connectivity index (χ0n) is 9.26. The number of rotatable bonds is 2. The van der Waals surface area contributed by atoms with E-state index in [-0.39, 0.29) is 10.4 Å². The first-order valence-corrected chi connectivity index (χ1v) is 6.55. The van der Waals surface area contributed by atoms with Crippen LogP contribution in [0.5, 0.6) is 0 Å². The first-order chi connectivity index (χ1) is 7.59. The number of nitrogens with zero attached hydrogens (tertiary/aromatic N) is 1. The number of nitrogens with one attached hydrogen (secondary N) is 1. The normalized spacial score (nSPS) is 16.4. The molecule has 0 radical (unpaired) electrons. The Morgan fingerprint density at radius 1 is 1.18 bits per heavy atom. The van der Waals surface area contributed by atoms with Crippen molar-refractivity contribution < 1.29 is 18.4 Å². The summed E-state index contributed by atoms with van der Waals surface area (Å²) < 4.78 is 31.5. The van der Waals surface area contributed by atoms with Crippen LogP contribution in [0.15, 0.2) is 29.2 Å². The lowest BCUT2D eigenvalue weighted by atomic mass is 10.2. The Morgan fingerprint density at radius 3 is 2.35 bits per heavy atom. The monoisotopic (exact) mass is 260 g/mol. The summed E-state index contributed by atoms with van der Waals surface area (Å²) in [6.45, 7) is 3.12. The Morgan fingerprint density at radius 2 is 1.76 bits per heavy atom. The van der Waals surface area contributed by atoms with Crippen molar-refractivity contribution in [3.63, 3.8) is 0 Å². The summed E-state index contributed by atoms with van der Waals surface area (Å²) in [6.07, 6.45) is 0. The van der Waals surface area contributed by atoms with E-state index in [0.717, 1.165) is 26.2 Å². The zero-order valence-corrected chi connectivity index (χ0v) is 10.1. The van der Waals surface area contributed by atoms with Gasteiger partial charge < -0.3 is 15.7 Å². The number of hydrogen-bond acceptors (Lipinski definition) is 4. The Labute approximate surface area is 100 Å². The van der Waals surface area contributed by atoms with Crippen molar-refractivity contribution in [2.24, 2.45) is 0 Å². The van der Waals surface area contributed by atoms with Crippen LogP contribution in [0.1, 0.15) is 0 Å². The van der Waals surface area contributed by atoms with Gasteiger partial charge in [0.2, 0.25) is 0 Å². The van der Waals surface area contributed by atoms with E-state index >= 15 is 0 Å². The first kappa shape index (κ1) is 13.9. The summed E-state index contributed by atoms with van der Waals surface area (Å²) in [5.41, 5.74) is 0.575. The van der Waals surface area contributed by atoms with Gasteiger partial charge in [-0.3, -0.25) is 4.55 Å². The fourth-order valence-electron chi connectivity index (χ4n) is 1.84. The average Bonchev–Trinajstić information content (AvgIpc) is 2.29. The summed E-state index contributed by atoms with van der Waals surface area (Å²) in [5, 5.41) is 3.19. The second-order valence-corrected chi connectivity index (χ2v) is 5.07. The molecule has 1 aliphatic rings. The van der Waals surface area contributed by atoms with Crippen LogP contribution in [0.2, 0.25) is 0 Å². The van der Waals surface area contributed by atoms with E-state index in [0.29, 0.717) is 5.69 Å². The number of hydrogen-bond donors (Lipinski definition) is 2. The maximum atomic E-state index is 11.2. The molecule has 7 heteroatoms. The van der Waals surface area contributed by atoms with Gasteiger partial charge in [-0.15, -0.1) is 0 Å². The Hall–Kier alpha value is -1.15. The van der Waals surface area contributed by atoms with Gasteiger partial charge in [0.1, 0.15) is 4.90 Å². The van der Waals surface area contributed by atoms with Gasteiger partial charge in [-0.05, 0) is 12.1 Å². The molecule has 17 heavy (non-hydrogen) atoms. The summed E-state index contributed by atoms with van der Waals surface area (Å²) >= 11 is 0. The molecule has 4 N–H and O–H groups in total. The molecular weight excluding hydrogens is 244 g/mol. The molecule has 1 aliphatic heterocycles. The van der Waals surface area contributed by atoms with Gasteiger partial charge in [-0.25, -0.2) is 0 Å². The third-order valence-corrected chi connectivity index (χ3v) is 3.50. The Kier molecular flexibility index (Phi) is 4.47. The number of para-hydroxylation sites is 1. The molecule has 1 fully saturated rings. The van der Waals surface area contributed by atoms with Gasteiger partial charge in [0.05, 0.1) is 5.69 Å². The summed E-state index contributed by atoms with van der Waals surface area (Å²) in [6, 6.07) is 6.52. The number of anilines is 1. The molecule has 0 aliphatic carbocycles. The smallest absolute Gasteiger partial charge is 0.296 e. The van der Waals surface area contributed by atoms with E-state index < -0.39 is 10.1 Å². The van der Waals surface area contributed by atoms with Crippen molar-refractivity contribution in [1.29, 1.82) is 0 Å². The van der Waals surface area contributed by atoms with Crippen molar-refractivity contribution in [2.45, 2.75) is 4.90 Å². The highest BCUT2D eigenvalue weighted by Crippen LogP contribution is 2.24. The SMILES string of the molecule is O.O=S(=O)(O)c1ccccc1N1CCNCC1. The predicted octanol–water partition coefficient (Wildman–Crippen LogP) is -0.482. The molecule has 1 saturated heterocycles. The van der Waals surface area contributed by atoms with E-state index in [2.05, 4.69) is 5.32 Å². The minimum absolute atomic E-state index is 0. The molecule has 1 aromatic carbocycles. The highest BCUT2D eigenvalue weighted by molar-refractivity contribution is 7.86. The van der Waals surface area contributed by atoms with Crippen LogP contribution >= 0.6 is 0 Å². The standard InChI is InChI=1S/C10H14N2O3S.H2O/c13-16(14,15)10-4-2-1-3-9(10)12-7-5-11-6-8-12;/h1-4,11H,5-8H2,(H,13,14,15);1H2. The molecule has 1 heterocycles. The highest BCUT2D eigenvalue weighted by atomic mass is 32.2. The molecule has 0 saturated carbocycles. The third kappa shape index (κ3) is 3.16. The molecule has 2 rings (SSSR count). The van der Waals surface area contributed by atoms with Gasteiger partial charge in [0.15, 0.2) is 0 Å². The fourth-order valence-corrected chi connectivity index (χ4v) is 2.55. The molecule has 0 unspecified atom stereocenters. The van der Waals surface area contributed by atoms with Gasteiger partial charge in [-0.1, -0.05) is 12.1 Å². The minimum Gasteiger partial charge on any atom is -0.412 e. The predicted molar refractivity (Wildman–Crippen MR) is 65.0 cm³/mol. The molecule has 0 spiro atoms. The van der Waals surface area contributed by atoms with Gasteiger partial charge in [0.25, 0.3) is 10.1 Å². The number of benzene rings is 1. The van der Waals surface area contributed by atoms with Gasteiger partial charge >= 0.3 is 0 Å². The molecule has 0 aromatic heterocycles. The van der Waals surface area contributed by atoms with E-state index in [9.17, 15) is 8.42 Å². The quantitative estimate of drug-likeness (QED) is 0.699. The van der Waals surface area contributed by atoms with Crippen LogP contribution in [-0.2, 0) is 10.1 Å². The Balaban J connectivity index is 0.00000144. The van der Waals surface area contributed by atoms with Crippen LogP contribution < -0.4 is 10.2 Å². The molecule has 96 valence electrons. The largest absolute Gasteiger partial charge is 0.412 e. The van der Waals surface area contributed by atoms with Crippen molar-refractivity contribution in [1.82, 2.24) is 5.32 Å². The first-order valence-electron chi connectivity index (χ1n) is 5.11.